The summed E-state index contributed by atoms with van der Waals surface area (Å²) in [7, 11) is -5.80. The molecule has 0 bridgehead atoms. The third-order valence-electron chi connectivity index (χ3n) is 3.54. The molecule has 0 saturated heterocycles. The Kier molecular flexibility index (Phi) is 5.97. The molecule has 25 heavy (non-hydrogen) atoms. The molecule has 3 heterocycles. The zero-order chi connectivity index (χ0) is 18.0. The van der Waals surface area contributed by atoms with E-state index in [1.165, 1.54) is 9.75 Å². The van der Waals surface area contributed by atoms with Crippen molar-refractivity contribution in [2.24, 2.45) is 0 Å². The molecular weight excluding hydrogens is 400 g/mol. The van der Waals surface area contributed by atoms with Gasteiger partial charge in [-0.15, -0.1) is 22.7 Å². The van der Waals surface area contributed by atoms with Gasteiger partial charge in [-0.05, 0) is 49.3 Å². The van der Waals surface area contributed by atoms with E-state index in [2.05, 4.69) is 13.8 Å². The van der Waals surface area contributed by atoms with E-state index in [-0.39, 0.29) is 0 Å². The van der Waals surface area contributed by atoms with Crippen molar-refractivity contribution in [3.05, 3.63) is 62.0 Å². The van der Waals surface area contributed by atoms with Gasteiger partial charge in [-0.3, -0.25) is 0 Å². The molecule has 0 fully saturated rings. The van der Waals surface area contributed by atoms with Crippen LogP contribution in [0.25, 0.3) is 4.91 Å². The first-order valence-corrected chi connectivity index (χ1v) is 11.7. The normalized spacial score (nSPS) is 17.9. The van der Waals surface area contributed by atoms with Crippen LogP contribution in [0.2, 0.25) is 0 Å². The third kappa shape index (κ3) is 4.50. The second-order valence-electron chi connectivity index (χ2n) is 5.20. The van der Waals surface area contributed by atoms with Crippen LogP contribution < -0.4 is 14.0 Å². The zero-order valence-corrected chi connectivity index (χ0v) is 16.9. The second-order valence-corrected chi connectivity index (χ2v) is 10.2. The Morgan fingerprint density at radius 1 is 0.960 bits per heavy atom. The fourth-order valence-electron chi connectivity index (χ4n) is 2.36. The first kappa shape index (κ1) is 19.0. The number of thiophene rings is 2. The average Bonchev–Trinajstić information content (AvgIpc) is 3.22. The van der Waals surface area contributed by atoms with Gasteiger partial charge in [0.25, 0.3) is 0 Å². The van der Waals surface area contributed by atoms with Crippen molar-refractivity contribution in [2.75, 3.05) is 0 Å². The first-order chi connectivity index (χ1) is 11.9. The van der Waals surface area contributed by atoms with Crippen molar-refractivity contribution in [2.45, 2.75) is 26.7 Å². The summed E-state index contributed by atoms with van der Waals surface area (Å²) >= 11 is 3.18. The Labute approximate surface area is 159 Å². The van der Waals surface area contributed by atoms with E-state index in [9.17, 15) is 14.0 Å². The van der Waals surface area contributed by atoms with Crippen molar-refractivity contribution < 1.29 is 28.0 Å². The van der Waals surface area contributed by atoms with Crippen LogP contribution >= 0.6 is 33.4 Å². The van der Waals surface area contributed by atoms with Gasteiger partial charge in [0.1, 0.15) is 14.5 Å². The van der Waals surface area contributed by atoms with Crippen molar-refractivity contribution in [1.82, 2.24) is 0 Å². The number of hydrogen-bond acceptors (Lipinski definition) is 6. The van der Waals surface area contributed by atoms with Crippen LogP contribution in [-0.4, -0.2) is 4.86 Å². The minimum Gasteiger partial charge on any atom is -0.182 e. The maximum atomic E-state index is 11.3. The monoisotopic (exact) mass is 416 g/mol. The lowest BCUT2D eigenvalue weighted by molar-refractivity contribution is -1.91. The predicted octanol–water partition coefficient (Wildman–Crippen LogP) is 2.16. The number of aryl methyl sites for hydroxylation is 2. The summed E-state index contributed by atoms with van der Waals surface area (Å²) in [6.07, 6.45) is 7.34. The summed E-state index contributed by atoms with van der Waals surface area (Å²) in [6.45, 7) is 4.13. The molecule has 1 aliphatic rings. The summed E-state index contributed by atoms with van der Waals surface area (Å²) in [5, 5.41) is 0. The molecule has 1 atom stereocenters. The van der Waals surface area contributed by atoms with Crippen molar-refractivity contribution in [3.8, 4) is 0 Å². The molecule has 1 aliphatic heterocycles. The van der Waals surface area contributed by atoms with Gasteiger partial charge >= 0.3 is 0 Å². The van der Waals surface area contributed by atoms with Crippen LogP contribution in [0.1, 0.15) is 33.4 Å². The predicted molar refractivity (Wildman–Crippen MR) is 97.3 cm³/mol. The Hall–Kier alpha value is -0.770. The van der Waals surface area contributed by atoms with Gasteiger partial charge in [0, 0.05) is 19.5 Å². The van der Waals surface area contributed by atoms with Crippen LogP contribution in [0.15, 0.2) is 42.5 Å². The smallest absolute Gasteiger partial charge is 0.149 e. The molecule has 0 aromatic carbocycles. The maximum Gasteiger partial charge on any atom is 0.149 e. The molecule has 134 valence electrons. The van der Waals surface area contributed by atoms with E-state index in [1.54, 1.807) is 22.7 Å². The molecule has 2 aromatic heterocycles. The third-order valence-corrected chi connectivity index (χ3v) is 8.96. The van der Waals surface area contributed by atoms with Gasteiger partial charge in [-0.25, -0.2) is 0 Å². The highest BCUT2D eigenvalue weighted by atomic mass is 35.7. The maximum absolute atomic E-state index is 11.3. The summed E-state index contributed by atoms with van der Waals surface area (Å²) < 4.78 is 38.9. The number of rotatable bonds is 6. The van der Waals surface area contributed by atoms with Crippen LogP contribution in [0, 0.1) is 10.2 Å². The SMILES string of the molecule is CCc1ccc(C2=CC=CC(c3ccc(CC)s3)=S2O[Cl+3]([O-])([O-])[O-])s1. The van der Waals surface area contributed by atoms with Gasteiger partial charge in [0.15, 0.2) is 0 Å². The molecule has 8 heteroatoms. The highest BCUT2D eigenvalue weighted by Crippen LogP contribution is 2.44. The quantitative estimate of drug-likeness (QED) is 0.676. The van der Waals surface area contributed by atoms with Gasteiger partial charge in [-0.2, -0.15) is 14.0 Å². The second kappa shape index (κ2) is 7.85. The zero-order valence-electron chi connectivity index (χ0n) is 13.7. The van der Waals surface area contributed by atoms with E-state index < -0.39 is 21.0 Å². The van der Waals surface area contributed by atoms with Gasteiger partial charge in [0.2, 0.25) is 0 Å². The molecule has 0 radical (unpaired) electrons. The Morgan fingerprint density at radius 3 is 2.12 bits per heavy atom. The standard InChI is InChI=1S/C17H17ClO4S3/c1-3-12-8-10-14(23-12)16-6-5-7-17(25(16)22-18(19,20)21)15-11-9-13(4-2)24-15/h5-11H,3-4H2,1-2H3. The molecule has 0 saturated carbocycles. The van der Waals surface area contributed by atoms with Crippen molar-refractivity contribution >= 4 is 43.2 Å². The molecule has 1 unspecified atom stereocenters. The summed E-state index contributed by atoms with van der Waals surface area (Å²) in [4.78, 5) is 5.69. The van der Waals surface area contributed by atoms with E-state index in [4.69, 9.17) is 3.74 Å². The molecule has 0 aliphatic carbocycles. The van der Waals surface area contributed by atoms with Crippen LogP contribution in [0.5, 0.6) is 0 Å². The minimum atomic E-state index is -4.53. The Bertz CT molecular complexity index is 855. The number of halogens is 1. The highest BCUT2D eigenvalue weighted by Gasteiger charge is 2.31. The number of allylic oxidation sites excluding steroid dienone is 3. The fraction of sp³-hybridized carbons (Fsp3) is 0.235. The fourth-order valence-corrected chi connectivity index (χ4v) is 7.10. The average molecular weight is 417 g/mol. The summed E-state index contributed by atoms with van der Waals surface area (Å²) in [6, 6.07) is 7.94. The van der Waals surface area contributed by atoms with Crippen LogP contribution in [0.4, 0.5) is 0 Å². The lowest BCUT2D eigenvalue weighted by Crippen LogP contribution is -2.60. The Balaban J connectivity index is 2.10. The van der Waals surface area contributed by atoms with Crippen molar-refractivity contribution in [3.63, 3.8) is 0 Å². The Morgan fingerprint density at radius 2 is 1.56 bits per heavy atom. The highest BCUT2D eigenvalue weighted by molar-refractivity contribution is 8.20. The molecule has 3 rings (SSSR count). The topological polar surface area (TPSA) is 78.4 Å². The van der Waals surface area contributed by atoms with Gasteiger partial charge < -0.3 is 0 Å². The van der Waals surface area contributed by atoms with E-state index in [0.717, 1.165) is 32.4 Å². The minimum absolute atomic E-state index is 0.723. The summed E-state index contributed by atoms with van der Waals surface area (Å²) in [5.41, 5.74) is 0. The summed E-state index contributed by atoms with van der Waals surface area (Å²) in [5.74, 6) is 0. The van der Waals surface area contributed by atoms with Crippen LogP contribution in [0.3, 0.4) is 0 Å². The lowest BCUT2D eigenvalue weighted by atomic mass is 10.3. The van der Waals surface area contributed by atoms with E-state index in [0.29, 0.717) is 0 Å². The van der Waals surface area contributed by atoms with Gasteiger partial charge in [0.05, 0.1) is 20.0 Å². The molecule has 4 nitrogen and oxygen atoms in total. The largest absolute Gasteiger partial charge is 0.182 e. The molecule has 0 spiro atoms. The molecule has 0 N–H and O–H groups in total. The lowest BCUT2D eigenvalue weighted by Gasteiger charge is -2.18. The van der Waals surface area contributed by atoms with Crippen LogP contribution in [-0.2, 0) is 16.6 Å². The molecule has 0 amide bonds. The van der Waals surface area contributed by atoms with Crippen molar-refractivity contribution in [1.29, 1.82) is 0 Å². The first-order valence-electron chi connectivity index (χ1n) is 7.70. The van der Waals surface area contributed by atoms with E-state index in [1.807, 2.05) is 42.5 Å². The van der Waals surface area contributed by atoms with Gasteiger partial charge in [-0.1, -0.05) is 19.9 Å². The van der Waals surface area contributed by atoms with E-state index >= 15 is 0 Å². The molecule has 2 aromatic rings. The molecular formula is C17H17ClO4S3. The number of hydrogen-bond donors (Lipinski definition) is 0.